The Morgan fingerprint density at radius 2 is 0.740 bits per heavy atom. The highest BCUT2D eigenvalue weighted by Crippen LogP contribution is 2.41. The van der Waals surface area contributed by atoms with Gasteiger partial charge in [-0.25, -0.2) is 15.0 Å². The molecule has 0 N–H and O–H groups in total. The first kappa shape index (κ1) is 42.1. The van der Waals surface area contributed by atoms with Crippen LogP contribution in [0.1, 0.15) is 0 Å². The van der Waals surface area contributed by atoms with Gasteiger partial charge in [0.05, 0.1) is 33.6 Å². The van der Waals surface area contributed by atoms with Gasteiger partial charge in [0.1, 0.15) is 0 Å². The fourth-order valence-corrected chi connectivity index (χ4v) is 10.8. The maximum Gasteiger partial charge on any atom is 0.160 e. The van der Waals surface area contributed by atoms with Gasteiger partial charge in [0.2, 0.25) is 0 Å². The average molecular weight is 929 g/mol. The topological polar surface area (TPSA) is 43.6 Å². The van der Waals surface area contributed by atoms with Crippen LogP contribution in [0.2, 0.25) is 0 Å². The molecule has 0 radical (unpaired) electrons. The minimum absolute atomic E-state index is 0.674. The lowest BCUT2D eigenvalue weighted by atomic mass is 9.92. The lowest BCUT2D eigenvalue weighted by Gasteiger charge is -2.16. The average Bonchev–Trinajstić information content (AvgIpc) is 3.82. The quantitative estimate of drug-likeness (QED) is 0.143. The van der Waals surface area contributed by atoms with Gasteiger partial charge >= 0.3 is 0 Å². The second kappa shape index (κ2) is 17.6. The van der Waals surface area contributed by atoms with Crippen LogP contribution in [0.25, 0.3) is 138 Å². The first-order valence-electron chi connectivity index (χ1n) is 24.8. The van der Waals surface area contributed by atoms with E-state index in [0.29, 0.717) is 5.82 Å². The molecule has 0 amide bonds. The van der Waals surface area contributed by atoms with Crippen LogP contribution in [0.5, 0.6) is 0 Å². The Balaban J connectivity index is 0.883. The van der Waals surface area contributed by atoms with E-state index in [1.807, 2.05) is 12.1 Å². The van der Waals surface area contributed by atoms with Crippen molar-refractivity contribution in [2.24, 2.45) is 0 Å². The zero-order valence-corrected chi connectivity index (χ0v) is 39.7. The molecule has 4 heteroatoms. The van der Waals surface area contributed by atoms with Gasteiger partial charge in [0, 0.05) is 60.4 Å². The Labute approximate surface area is 422 Å². The summed E-state index contributed by atoms with van der Waals surface area (Å²) in [5, 5.41) is 8.35. The molecule has 3 heterocycles. The number of aromatic nitrogens is 4. The van der Waals surface area contributed by atoms with Crippen LogP contribution in [-0.4, -0.2) is 19.5 Å². The molecule has 3 aromatic heterocycles. The molecular formula is C69H44N4. The Hall–Kier alpha value is -9.77. The zero-order chi connectivity index (χ0) is 48.2. The van der Waals surface area contributed by atoms with Gasteiger partial charge in [-0.15, -0.1) is 0 Å². The summed E-state index contributed by atoms with van der Waals surface area (Å²) in [4.78, 5) is 16.1. The fraction of sp³-hybridized carbons (Fsp3) is 0. The highest BCUT2D eigenvalue weighted by atomic mass is 15.0. The van der Waals surface area contributed by atoms with Gasteiger partial charge in [0.25, 0.3) is 0 Å². The maximum absolute atomic E-state index is 5.65. The summed E-state index contributed by atoms with van der Waals surface area (Å²) in [6.45, 7) is 0. The van der Waals surface area contributed by atoms with E-state index in [1.54, 1.807) is 0 Å². The number of fused-ring (bicyclic) bond motifs is 8. The first-order chi connectivity index (χ1) is 36.2. The Kier molecular flexibility index (Phi) is 10.1. The molecule has 0 aliphatic rings. The molecule has 0 atom stereocenters. The zero-order valence-electron chi connectivity index (χ0n) is 39.7. The molecule has 4 nitrogen and oxygen atoms in total. The number of pyridine rings is 1. The highest BCUT2D eigenvalue weighted by molar-refractivity contribution is 6.24. The van der Waals surface area contributed by atoms with Crippen LogP contribution in [0, 0.1) is 0 Å². The fourth-order valence-electron chi connectivity index (χ4n) is 10.8. The third-order valence-corrected chi connectivity index (χ3v) is 14.4. The van der Waals surface area contributed by atoms with E-state index < -0.39 is 0 Å². The highest BCUT2D eigenvalue weighted by Gasteiger charge is 2.19. The summed E-state index contributed by atoms with van der Waals surface area (Å²) in [5.74, 6) is 0.674. The van der Waals surface area contributed by atoms with Gasteiger partial charge in [-0.2, -0.15) is 0 Å². The van der Waals surface area contributed by atoms with Gasteiger partial charge in [-0.3, -0.25) is 0 Å². The lowest BCUT2D eigenvalue weighted by Crippen LogP contribution is -1.97. The van der Waals surface area contributed by atoms with Crippen LogP contribution in [0.4, 0.5) is 0 Å². The Morgan fingerprint density at radius 3 is 1.34 bits per heavy atom. The third-order valence-electron chi connectivity index (χ3n) is 14.4. The molecular weight excluding hydrogens is 885 g/mol. The van der Waals surface area contributed by atoms with Crippen molar-refractivity contribution < 1.29 is 0 Å². The van der Waals surface area contributed by atoms with Crippen LogP contribution >= 0.6 is 0 Å². The van der Waals surface area contributed by atoms with Crippen molar-refractivity contribution in [1.29, 1.82) is 0 Å². The molecule has 0 saturated carbocycles. The van der Waals surface area contributed by atoms with Crippen molar-refractivity contribution in [3.8, 4) is 84.2 Å². The summed E-state index contributed by atoms with van der Waals surface area (Å²) in [7, 11) is 0. The number of hydrogen-bond acceptors (Lipinski definition) is 3. The van der Waals surface area contributed by atoms with Gasteiger partial charge in [-0.05, 0) is 68.9 Å². The van der Waals surface area contributed by atoms with Crippen molar-refractivity contribution in [2.75, 3.05) is 0 Å². The molecule has 0 aliphatic heterocycles. The van der Waals surface area contributed by atoms with Crippen molar-refractivity contribution in [3.63, 3.8) is 0 Å². The largest absolute Gasteiger partial charge is 0.309 e. The molecule has 14 rings (SSSR count). The van der Waals surface area contributed by atoms with E-state index in [4.69, 9.17) is 15.0 Å². The van der Waals surface area contributed by atoms with Crippen molar-refractivity contribution in [2.45, 2.75) is 0 Å². The standard InChI is InChI=1S/C69H44N4/c1-3-14-45(15-4-1)47-26-30-51(31-27-47)62-44-63(71-69(70-62)54-36-28-48(29-37-54)46-16-5-2-6-17-46)52-32-34-53(35-33-52)67-61-43-40-49-18-7-8-19-56(49)66(61)60-23-13-22-57(68(60)72-67)50-38-41-55(42-39-50)73-64-24-11-9-20-58(64)59-21-10-12-25-65(59)73/h1-44H. The van der Waals surface area contributed by atoms with Gasteiger partial charge < -0.3 is 4.57 Å². The first-order valence-corrected chi connectivity index (χ1v) is 24.8. The molecule has 0 bridgehead atoms. The minimum atomic E-state index is 0.674. The van der Waals surface area contributed by atoms with Crippen LogP contribution in [-0.2, 0) is 0 Å². The third kappa shape index (κ3) is 7.44. The van der Waals surface area contributed by atoms with Crippen molar-refractivity contribution >= 4 is 54.3 Å². The summed E-state index contributed by atoms with van der Waals surface area (Å²) in [6, 6.07) is 95.1. The molecule has 0 unspecified atom stereocenters. The number of benzene rings is 11. The summed E-state index contributed by atoms with van der Waals surface area (Å²) in [6.07, 6.45) is 0. The predicted octanol–water partition coefficient (Wildman–Crippen LogP) is 18.1. The van der Waals surface area contributed by atoms with Gasteiger partial charge in [0.15, 0.2) is 5.82 Å². The number of nitrogens with zero attached hydrogens (tertiary/aromatic N) is 4. The van der Waals surface area contributed by atoms with E-state index in [-0.39, 0.29) is 0 Å². The van der Waals surface area contributed by atoms with E-state index in [9.17, 15) is 0 Å². The van der Waals surface area contributed by atoms with E-state index >= 15 is 0 Å². The van der Waals surface area contributed by atoms with Crippen LogP contribution in [0.15, 0.2) is 267 Å². The second-order valence-corrected chi connectivity index (χ2v) is 18.7. The van der Waals surface area contributed by atoms with E-state index in [1.165, 1.54) is 49.1 Å². The molecule has 11 aromatic carbocycles. The predicted molar refractivity (Wildman–Crippen MR) is 305 cm³/mol. The Bertz CT molecular complexity index is 4220. The lowest BCUT2D eigenvalue weighted by molar-refractivity contribution is 1.18. The number of rotatable bonds is 8. The Morgan fingerprint density at radius 1 is 0.274 bits per heavy atom. The number of hydrogen-bond donors (Lipinski definition) is 0. The molecule has 0 saturated heterocycles. The van der Waals surface area contributed by atoms with Crippen LogP contribution < -0.4 is 0 Å². The van der Waals surface area contributed by atoms with Crippen molar-refractivity contribution in [1.82, 2.24) is 19.5 Å². The van der Waals surface area contributed by atoms with Crippen molar-refractivity contribution in [3.05, 3.63) is 267 Å². The molecule has 0 aliphatic carbocycles. The van der Waals surface area contributed by atoms with Crippen LogP contribution in [0.3, 0.4) is 0 Å². The van der Waals surface area contributed by atoms with E-state index in [2.05, 4.69) is 259 Å². The maximum atomic E-state index is 5.65. The smallest absolute Gasteiger partial charge is 0.160 e. The summed E-state index contributed by atoms with van der Waals surface area (Å²) in [5.41, 5.74) is 18.0. The van der Waals surface area contributed by atoms with E-state index in [0.717, 1.165) is 83.6 Å². The number of para-hydroxylation sites is 3. The normalized spacial score (nSPS) is 11.6. The SMILES string of the molecule is c1ccc(-c2ccc(-c3cc(-c4ccc(-c5nc6c(-c7ccc(-n8c9ccccc9c9ccccc98)cc7)cccc6c6c5ccc5ccccc56)cc4)nc(-c4ccc(-c5ccccc5)cc4)n3)cc2)cc1. The summed E-state index contributed by atoms with van der Waals surface area (Å²) < 4.78 is 2.37. The van der Waals surface area contributed by atoms with Gasteiger partial charge in [-0.1, -0.05) is 237 Å². The molecule has 340 valence electrons. The monoisotopic (exact) mass is 928 g/mol. The molecule has 0 spiro atoms. The molecule has 0 fully saturated rings. The summed E-state index contributed by atoms with van der Waals surface area (Å²) >= 11 is 0. The molecule has 73 heavy (non-hydrogen) atoms. The minimum Gasteiger partial charge on any atom is -0.309 e. The molecule has 14 aromatic rings. The second-order valence-electron chi connectivity index (χ2n) is 18.7.